The van der Waals surface area contributed by atoms with Gasteiger partial charge in [-0.3, -0.25) is 4.90 Å². The number of likely N-dealkylation sites (N-methyl/N-ethyl adjacent to an activating group) is 1. The number of hydrogen-bond acceptors (Lipinski definition) is 4. The largest absolute Gasteiger partial charge is 0.394 e. The lowest BCUT2D eigenvalue weighted by Gasteiger charge is -2.29. The minimum atomic E-state index is -0.130. The Balaban J connectivity index is 3.85. The molecule has 0 heterocycles. The van der Waals surface area contributed by atoms with E-state index in [2.05, 4.69) is 31.0 Å². The van der Waals surface area contributed by atoms with Crippen LogP contribution < -0.4 is 5.32 Å². The molecule has 0 aromatic heterocycles. The summed E-state index contributed by atoms with van der Waals surface area (Å²) in [5.74, 6) is 0. The monoisotopic (exact) mass is 260 g/mol. The molecule has 0 radical (unpaired) electrons. The van der Waals surface area contributed by atoms with Crippen molar-refractivity contribution in [3.63, 3.8) is 0 Å². The van der Waals surface area contributed by atoms with Gasteiger partial charge in [-0.15, -0.1) is 0 Å². The quantitative estimate of drug-likeness (QED) is 0.552. The second kappa shape index (κ2) is 9.73. The van der Waals surface area contributed by atoms with Crippen molar-refractivity contribution < 1.29 is 9.84 Å². The Kier molecular flexibility index (Phi) is 9.64. The Labute approximate surface area is 113 Å². The average molecular weight is 260 g/mol. The van der Waals surface area contributed by atoms with Crippen LogP contribution in [-0.4, -0.2) is 62.0 Å². The number of rotatable bonds is 11. The molecule has 0 bridgehead atoms. The van der Waals surface area contributed by atoms with Crippen LogP contribution in [0.5, 0.6) is 0 Å². The van der Waals surface area contributed by atoms with Crippen LogP contribution in [0.2, 0.25) is 0 Å². The first kappa shape index (κ1) is 17.8. The molecule has 2 N–H and O–H groups in total. The number of unbranched alkanes of at least 4 members (excludes halogenated alkanes) is 1. The molecule has 0 aliphatic carbocycles. The standard InChI is InChI=1S/C14H32N2O2/c1-13(2)16(10-11-18-5)9-7-6-8-14(3,12-17)15-4/h13,15,17H,6-12H2,1-5H3. The van der Waals surface area contributed by atoms with Crippen LogP contribution in [0.1, 0.15) is 40.0 Å². The molecule has 18 heavy (non-hydrogen) atoms. The highest BCUT2D eigenvalue weighted by Crippen LogP contribution is 2.13. The van der Waals surface area contributed by atoms with E-state index < -0.39 is 0 Å². The van der Waals surface area contributed by atoms with Crippen LogP contribution in [0, 0.1) is 0 Å². The van der Waals surface area contributed by atoms with Crippen LogP contribution in [0.15, 0.2) is 0 Å². The molecule has 110 valence electrons. The molecule has 0 amide bonds. The fraction of sp³-hybridized carbons (Fsp3) is 1.00. The zero-order valence-corrected chi connectivity index (χ0v) is 12.8. The third-order valence-corrected chi connectivity index (χ3v) is 3.69. The predicted molar refractivity (Wildman–Crippen MR) is 77.0 cm³/mol. The van der Waals surface area contributed by atoms with Gasteiger partial charge in [0.2, 0.25) is 0 Å². The Hall–Kier alpha value is -0.160. The van der Waals surface area contributed by atoms with Gasteiger partial charge in [-0.1, -0.05) is 6.42 Å². The molecule has 0 spiro atoms. The van der Waals surface area contributed by atoms with Gasteiger partial charge in [0.25, 0.3) is 0 Å². The molecule has 0 aromatic rings. The average Bonchev–Trinajstić information content (AvgIpc) is 2.37. The molecule has 4 heteroatoms. The van der Waals surface area contributed by atoms with Gasteiger partial charge in [-0.2, -0.15) is 0 Å². The van der Waals surface area contributed by atoms with Crippen molar-refractivity contribution in [3.8, 4) is 0 Å². The smallest absolute Gasteiger partial charge is 0.0610 e. The van der Waals surface area contributed by atoms with E-state index in [4.69, 9.17) is 4.74 Å². The maximum Gasteiger partial charge on any atom is 0.0610 e. The lowest BCUT2D eigenvalue weighted by atomic mass is 9.96. The lowest BCUT2D eigenvalue weighted by molar-refractivity contribution is 0.125. The molecular formula is C14H32N2O2. The van der Waals surface area contributed by atoms with Crippen molar-refractivity contribution in [2.75, 3.05) is 40.5 Å². The van der Waals surface area contributed by atoms with Crippen molar-refractivity contribution in [1.82, 2.24) is 10.2 Å². The van der Waals surface area contributed by atoms with Crippen LogP contribution in [-0.2, 0) is 4.74 Å². The van der Waals surface area contributed by atoms with E-state index in [-0.39, 0.29) is 12.1 Å². The lowest BCUT2D eigenvalue weighted by Crippen LogP contribution is -2.43. The number of ether oxygens (including phenoxy) is 1. The van der Waals surface area contributed by atoms with Gasteiger partial charge in [0, 0.05) is 25.2 Å². The first-order chi connectivity index (χ1) is 8.49. The summed E-state index contributed by atoms with van der Waals surface area (Å²) >= 11 is 0. The first-order valence-corrected chi connectivity index (χ1v) is 7.02. The molecular weight excluding hydrogens is 228 g/mol. The summed E-state index contributed by atoms with van der Waals surface area (Å²) in [6.07, 6.45) is 3.31. The second-order valence-corrected chi connectivity index (χ2v) is 5.55. The van der Waals surface area contributed by atoms with E-state index in [0.717, 1.165) is 32.5 Å². The highest BCUT2D eigenvalue weighted by molar-refractivity contribution is 4.80. The van der Waals surface area contributed by atoms with Gasteiger partial charge in [-0.25, -0.2) is 0 Å². The number of aliphatic hydroxyl groups is 1. The predicted octanol–water partition coefficient (Wildman–Crippen LogP) is 1.48. The van der Waals surface area contributed by atoms with Crippen LogP contribution in [0.3, 0.4) is 0 Å². The third kappa shape index (κ3) is 7.31. The van der Waals surface area contributed by atoms with Gasteiger partial charge in [0.05, 0.1) is 13.2 Å². The summed E-state index contributed by atoms with van der Waals surface area (Å²) in [5.41, 5.74) is -0.130. The van der Waals surface area contributed by atoms with Gasteiger partial charge < -0.3 is 15.2 Å². The first-order valence-electron chi connectivity index (χ1n) is 7.02. The van der Waals surface area contributed by atoms with Gasteiger partial charge in [0.15, 0.2) is 0 Å². The van der Waals surface area contributed by atoms with E-state index >= 15 is 0 Å². The maximum absolute atomic E-state index is 9.31. The third-order valence-electron chi connectivity index (χ3n) is 3.69. The number of methoxy groups -OCH3 is 1. The summed E-state index contributed by atoms with van der Waals surface area (Å²) in [4.78, 5) is 2.44. The molecule has 0 aliphatic rings. The van der Waals surface area contributed by atoms with E-state index in [9.17, 15) is 5.11 Å². The fourth-order valence-corrected chi connectivity index (χ4v) is 1.95. The molecule has 1 unspecified atom stereocenters. The fourth-order valence-electron chi connectivity index (χ4n) is 1.95. The topological polar surface area (TPSA) is 44.7 Å². The van der Waals surface area contributed by atoms with E-state index in [1.807, 2.05) is 7.05 Å². The van der Waals surface area contributed by atoms with Crippen molar-refractivity contribution in [2.45, 2.75) is 51.6 Å². The molecule has 0 aromatic carbocycles. The molecule has 1 atom stereocenters. The highest BCUT2D eigenvalue weighted by Gasteiger charge is 2.19. The molecule has 4 nitrogen and oxygen atoms in total. The van der Waals surface area contributed by atoms with Crippen LogP contribution >= 0.6 is 0 Å². The highest BCUT2D eigenvalue weighted by atomic mass is 16.5. The Morgan fingerprint density at radius 2 is 1.94 bits per heavy atom. The van der Waals surface area contributed by atoms with E-state index in [1.165, 1.54) is 6.42 Å². The maximum atomic E-state index is 9.31. The Morgan fingerprint density at radius 3 is 2.39 bits per heavy atom. The van der Waals surface area contributed by atoms with Crippen molar-refractivity contribution in [2.24, 2.45) is 0 Å². The summed E-state index contributed by atoms with van der Waals surface area (Å²) in [5, 5.41) is 12.5. The van der Waals surface area contributed by atoms with Gasteiger partial charge >= 0.3 is 0 Å². The Morgan fingerprint density at radius 1 is 1.28 bits per heavy atom. The zero-order chi connectivity index (χ0) is 14.0. The number of aliphatic hydroxyl groups excluding tert-OH is 1. The Bertz CT molecular complexity index is 194. The second-order valence-electron chi connectivity index (χ2n) is 5.55. The minimum Gasteiger partial charge on any atom is -0.394 e. The van der Waals surface area contributed by atoms with Gasteiger partial charge in [0.1, 0.15) is 0 Å². The number of hydrogen-bond donors (Lipinski definition) is 2. The van der Waals surface area contributed by atoms with Crippen molar-refractivity contribution >= 4 is 0 Å². The molecule has 0 rings (SSSR count). The summed E-state index contributed by atoms with van der Waals surface area (Å²) in [6, 6.07) is 0.564. The molecule has 0 fully saturated rings. The number of nitrogens with one attached hydrogen (secondary N) is 1. The van der Waals surface area contributed by atoms with E-state index in [0.29, 0.717) is 6.04 Å². The molecule has 0 aliphatic heterocycles. The number of nitrogens with zero attached hydrogens (tertiary/aromatic N) is 1. The summed E-state index contributed by atoms with van der Waals surface area (Å²) in [6.45, 7) is 9.61. The van der Waals surface area contributed by atoms with Gasteiger partial charge in [-0.05, 0) is 47.2 Å². The molecule has 0 saturated carbocycles. The van der Waals surface area contributed by atoms with Crippen molar-refractivity contribution in [3.05, 3.63) is 0 Å². The zero-order valence-electron chi connectivity index (χ0n) is 12.8. The van der Waals surface area contributed by atoms with Crippen molar-refractivity contribution in [1.29, 1.82) is 0 Å². The van der Waals surface area contributed by atoms with Crippen LogP contribution in [0.4, 0.5) is 0 Å². The normalized spacial score (nSPS) is 15.3. The van der Waals surface area contributed by atoms with Crippen LogP contribution in [0.25, 0.3) is 0 Å². The summed E-state index contributed by atoms with van der Waals surface area (Å²) < 4.78 is 5.13. The SMILES string of the molecule is CNC(C)(CO)CCCCN(CCOC)C(C)C. The molecule has 0 saturated heterocycles. The summed E-state index contributed by atoms with van der Waals surface area (Å²) in [7, 11) is 3.66. The minimum absolute atomic E-state index is 0.130. The van der Waals surface area contributed by atoms with E-state index in [1.54, 1.807) is 7.11 Å².